The largest absolute Gasteiger partial charge is 0.509 e. The van der Waals surface area contributed by atoms with Crippen molar-refractivity contribution >= 4 is 37.0 Å². The monoisotopic (exact) mass is 615 g/mol. The number of nitrogens with zero attached hydrogens (tertiary/aromatic N) is 4. The molecule has 0 bridgehead atoms. The fourth-order valence-corrected chi connectivity index (χ4v) is 7.49. The molecule has 240 valence electrons. The summed E-state index contributed by atoms with van der Waals surface area (Å²) < 4.78 is 6.01. The standard InChI is InChI=1S/C34H46BN5O5/c35-28-22-24(10-11-30(28)41)23-31(32(42)38-20-18-37(19-21-38)26-7-2-1-3-8-26)45-34(44)39-15-13-27(14-16-39)40-17-12-25-6-4-5-9-29(25)36-33(40)43/h4-6,9-11,22,26-27,31,41H,1-3,7-8,12-21,23,35H2,(H,36,43)/t31-/m1/s1. The minimum Gasteiger partial charge on any atom is -0.509 e. The van der Waals surface area contributed by atoms with E-state index in [1.165, 1.54) is 32.1 Å². The van der Waals surface area contributed by atoms with Crippen LogP contribution in [0, 0.1) is 0 Å². The van der Waals surface area contributed by atoms with Crippen LogP contribution < -0.4 is 10.8 Å². The Morgan fingerprint density at radius 2 is 1.62 bits per heavy atom. The Bertz CT molecular complexity index is 1370. The number of likely N-dealkylation sites (tertiary alicyclic amines) is 1. The van der Waals surface area contributed by atoms with E-state index in [1.807, 2.05) is 48.0 Å². The van der Waals surface area contributed by atoms with Crippen molar-refractivity contribution in [1.82, 2.24) is 19.6 Å². The summed E-state index contributed by atoms with van der Waals surface area (Å²) in [7, 11) is 1.82. The predicted molar refractivity (Wildman–Crippen MR) is 176 cm³/mol. The number of ether oxygens (including phenoxy) is 1. The van der Waals surface area contributed by atoms with Crippen molar-refractivity contribution in [3.63, 3.8) is 0 Å². The summed E-state index contributed by atoms with van der Waals surface area (Å²) in [6, 6.07) is 13.7. The smallest absolute Gasteiger partial charge is 0.410 e. The molecule has 2 saturated heterocycles. The number of aromatic hydroxyl groups is 1. The highest BCUT2D eigenvalue weighted by Crippen LogP contribution is 2.26. The van der Waals surface area contributed by atoms with Gasteiger partial charge in [0, 0.05) is 70.0 Å². The molecule has 0 spiro atoms. The molecular formula is C34H46BN5O5. The number of para-hydroxylation sites is 1. The molecule has 11 heteroatoms. The highest BCUT2D eigenvalue weighted by Gasteiger charge is 2.36. The Kier molecular flexibility index (Phi) is 9.83. The summed E-state index contributed by atoms with van der Waals surface area (Å²) in [5.41, 5.74) is 3.54. The number of hydrogen-bond donors (Lipinski definition) is 2. The number of fused-ring (bicyclic) bond motifs is 1. The van der Waals surface area contributed by atoms with Crippen molar-refractivity contribution in [2.75, 3.05) is 51.1 Å². The van der Waals surface area contributed by atoms with Crippen LogP contribution in [0.5, 0.6) is 5.75 Å². The van der Waals surface area contributed by atoms with Gasteiger partial charge in [-0.3, -0.25) is 9.69 Å². The van der Waals surface area contributed by atoms with Gasteiger partial charge in [0.2, 0.25) is 0 Å². The molecule has 0 aromatic heterocycles. The van der Waals surface area contributed by atoms with Gasteiger partial charge in [0.25, 0.3) is 5.91 Å². The molecule has 3 fully saturated rings. The van der Waals surface area contributed by atoms with Gasteiger partial charge in [-0.05, 0) is 60.8 Å². The van der Waals surface area contributed by atoms with Crippen LogP contribution in [-0.4, -0.2) is 115 Å². The number of phenols is 1. The lowest BCUT2D eigenvalue weighted by Gasteiger charge is -2.41. The molecule has 2 N–H and O–H groups in total. The number of urea groups is 1. The molecule has 1 aliphatic carbocycles. The topological polar surface area (TPSA) is 106 Å². The highest BCUT2D eigenvalue weighted by molar-refractivity contribution is 6.34. The Labute approximate surface area is 267 Å². The lowest BCUT2D eigenvalue weighted by atomic mass is 9.91. The van der Waals surface area contributed by atoms with Crippen LogP contribution in [0.15, 0.2) is 42.5 Å². The van der Waals surface area contributed by atoms with Crippen molar-refractivity contribution in [2.24, 2.45) is 0 Å². The van der Waals surface area contributed by atoms with Crippen molar-refractivity contribution < 1.29 is 24.2 Å². The van der Waals surface area contributed by atoms with E-state index < -0.39 is 12.2 Å². The second-order valence-corrected chi connectivity index (χ2v) is 13.1. The van der Waals surface area contributed by atoms with Gasteiger partial charge in [-0.15, -0.1) is 0 Å². The van der Waals surface area contributed by atoms with Gasteiger partial charge >= 0.3 is 12.1 Å². The molecular weight excluding hydrogens is 569 g/mol. The average Bonchev–Trinajstić information content (AvgIpc) is 3.24. The average molecular weight is 616 g/mol. The number of amides is 4. The van der Waals surface area contributed by atoms with Crippen LogP contribution in [0.25, 0.3) is 0 Å². The fourth-order valence-electron chi connectivity index (χ4n) is 7.49. The van der Waals surface area contributed by atoms with Gasteiger partial charge in [-0.1, -0.05) is 49.6 Å². The van der Waals surface area contributed by atoms with Crippen LogP contribution in [0.3, 0.4) is 0 Å². The molecule has 3 heterocycles. The van der Waals surface area contributed by atoms with E-state index in [0.717, 1.165) is 36.3 Å². The van der Waals surface area contributed by atoms with Crippen molar-refractivity contribution in [1.29, 1.82) is 0 Å². The van der Waals surface area contributed by atoms with E-state index >= 15 is 0 Å². The van der Waals surface area contributed by atoms with Crippen LogP contribution in [-0.2, 0) is 22.4 Å². The van der Waals surface area contributed by atoms with E-state index in [0.29, 0.717) is 57.1 Å². The van der Waals surface area contributed by atoms with E-state index in [4.69, 9.17) is 4.74 Å². The molecule has 1 saturated carbocycles. The molecule has 4 amide bonds. The third-order valence-electron chi connectivity index (χ3n) is 10.2. The maximum absolute atomic E-state index is 13.9. The van der Waals surface area contributed by atoms with Crippen molar-refractivity contribution in [3.8, 4) is 5.75 Å². The molecule has 1 atom stereocenters. The van der Waals surface area contributed by atoms with Crippen LogP contribution in [0.4, 0.5) is 15.3 Å². The van der Waals surface area contributed by atoms with Crippen molar-refractivity contribution in [3.05, 3.63) is 53.6 Å². The first-order valence-corrected chi connectivity index (χ1v) is 16.8. The zero-order valence-electron chi connectivity index (χ0n) is 26.5. The minimum atomic E-state index is -0.949. The zero-order chi connectivity index (χ0) is 31.3. The summed E-state index contributed by atoms with van der Waals surface area (Å²) in [5.74, 6) is 0.0374. The van der Waals surface area contributed by atoms with Gasteiger partial charge < -0.3 is 29.9 Å². The zero-order valence-corrected chi connectivity index (χ0v) is 26.5. The normalized spacial score (nSPS) is 21.1. The third-order valence-corrected chi connectivity index (χ3v) is 10.2. The molecule has 0 unspecified atom stereocenters. The lowest BCUT2D eigenvalue weighted by Crippen LogP contribution is -2.55. The van der Waals surface area contributed by atoms with Crippen molar-refractivity contribution in [2.45, 2.75) is 76.0 Å². The predicted octanol–water partition coefficient (Wildman–Crippen LogP) is 2.73. The maximum Gasteiger partial charge on any atom is 0.410 e. The van der Waals surface area contributed by atoms with Crippen LogP contribution in [0.1, 0.15) is 56.1 Å². The van der Waals surface area contributed by atoms with Gasteiger partial charge in [0.05, 0.1) is 0 Å². The first-order chi connectivity index (χ1) is 21.9. The van der Waals surface area contributed by atoms with Gasteiger partial charge in [-0.25, -0.2) is 9.59 Å². The molecule has 3 aliphatic heterocycles. The number of carbonyl (C=O) groups excluding carboxylic acids is 3. The number of carbonyl (C=O) groups is 3. The maximum atomic E-state index is 13.9. The molecule has 2 aromatic rings. The summed E-state index contributed by atoms with van der Waals surface area (Å²) in [4.78, 5) is 48.4. The number of benzene rings is 2. The number of anilines is 1. The minimum absolute atomic E-state index is 0.0289. The molecule has 4 aliphatic rings. The number of phenolic OH excluding ortho intramolecular Hbond substituents is 1. The molecule has 0 radical (unpaired) electrons. The number of hydrogen-bond acceptors (Lipinski definition) is 6. The molecule has 10 nitrogen and oxygen atoms in total. The number of piperidine rings is 1. The Balaban J connectivity index is 1.07. The SMILES string of the molecule is Bc1cc(C[C@@H](OC(=O)N2CCC(N3CCc4ccccc4NC3=O)CC2)C(=O)N2CCN(C3CCCCC3)CC2)ccc1O. The first kappa shape index (κ1) is 31.3. The first-order valence-electron chi connectivity index (χ1n) is 16.8. The molecule has 2 aromatic carbocycles. The summed E-state index contributed by atoms with van der Waals surface area (Å²) in [5, 5.41) is 13.1. The van der Waals surface area contributed by atoms with Gasteiger partial charge in [0.1, 0.15) is 13.6 Å². The van der Waals surface area contributed by atoms with Gasteiger partial charge in [0.15, 0.2) is 6.10 Å². The van der Waals surface area contributed by atoms with E-state index in [2.05, 4.69) is 10.2 Å². The van der Waals surface area contributed by atoms with Crippen LogP contribution >= 0.6 is 0 Å². The molecule has 6 rings (SSSR count). The van der Waals surface area contributed by atoms with Gasteiger partial charge in [-0.2, -0.15) is 0 Å². The third kappa shape index (κ3) is 7.40. The second kappa shape index (κ2) is 14.1. The molecule has 45 heavy (non-hydrogen) atoms. The number of piperazine rings is 1. The fraction of sp³-hybridized carbons (Fsp3) is 0.559. The Morgan fingerprint density at radius 1 is 0.889 bits per heavy atom. The highest BCUT2D eigenvalue weighted by atomic mass is 16.6. The quantitative estimate of drug-likeness (QED) is 0.485. The second-order valence-electron chi connectivity index (χ2n) is 13.1. The van der Waals surface area contributed by atoms with E-state index in [-0.39, 0.29) is 30.2 Å². The summed E-state index contributed by atoms with van der Waals surface area (Å²) in [6.45, 7) is 4.50. The summed E-state index contributed by atoms with van der Waals surface area (Å²) >= 11 is 0. The Morgan fingerprint density at radius 3 is 2.36 bits per heavy atom. The van der Waals surface area contributed by atoms with E-state index in [9.17, 15) is 19.5 Å². The number of nitrogens with one attached hydrogen (secondary N) is 1. The lowest BCUT2D eigenvalue weighted by molar-refractivity contribution is -0.143. The van der Waals surface area contributed by atoms with Crippen LogP contribution in [0.2, 0.25) is 0 Å². The summed E-state index contributed by atoms with van der Waals surface area (Å²) in [6.07, 6.45) is 7.25. The number of rotatable bonds is 6. The Hall–Kier alpha value is -3.73. The van der Waals surface area contributed by atoms with E-state index in [1.54, 1.807) is 17.0 Å².